The zero-order valence-corrected chi connectivity index (χ0v) is 5.77. The Kier molecular flexibility index (Phi) is 3.16. The molecule has 0 saturated carbocycles. The highest BCUT2D eigenvalue weighted by molar-refractivity contribution is 5.64. The Hall–Kier alpha value is -0.940. The van der Waals surface area contributed by atoms with E-state index in [4.69, 9.17) is 5.11 Å². The van der Waals surface area contributed by atoms with Gasteiger partial charge in [0.2, 0.25) is 0 Å². The highest BCUT2D eigenvalue weighted by Gasteiger charge is 2.39. The number of carboxylic acid groups (broad SMARTS) is 1. The topological polar surface area (TPSA) is 49.3 Å². The van der Waals surface area contributed by atoms with Crippen LogP contribution in [0.4, 0.5) is 18.0 Å². The van der Waals surface area contributed by atoms with Crippen LogP contribution < -0.4 is 5.32 Å². The lowest BCUT2D eigenvalue weighted by Gasteiger charge is -2.17. The van der Waals surface area contributed by atoms with Gasteiger partial charge in [0.1, 0.15) is 6.04 Å². The minimum atomic E-state index is -4.49. The molecular formula is C5H8F3NO2. The van der Waals surface area contributed by atoms with Gasteiger partial charge >= 0.3 is 12.3 Å². The molecule has 0 radical (unpaired) electrons. The maximum atomic E-state index is 11.8. The highest BCUT2D eigenvalue weighted by atomic mass is 19.4. The van der Waals surface area contributed by atoms with E-state index in [1.54, 1.807) is 0 Å². The third kappa shape index (κ3) is 3.69. The number of carbonyl (C=O) groups is 1. The van der Waals surface area contributed by atoms with Crippen molar-refractivity contribution in [2.24, 2.45) is 0 Å². The van der Waals surface area contributed by atoms with Crippen molar-refractivity contribution < 1.29 is 23.1 Å². The van der Waals surface area contributed by atoms with Gasteiger partial charge in [-0.25, -0.2) is 4.79 Å². The van der Waals surface area contributed by atoms with E-state index in [2.05, 4.69) is 0 Å². The first kappa shape index (κ1) is 10.1. The van der Waals surface area contributed by atoms with Crippen molar-refractivity contribution in [1.82, 2.24) is 5.32 Å². The molecule has 0 saturated heterocycles. The van der Waals surface area contributed by atoms with Crippen LogP contribution >= 0.6 is 0 Å². The molecule has 66 valence electrons. The molecule has 0 fully saturated rings. The van der Waals surface area contributed by atoms with Crippen LogP contribution in [0.25, 0.3) is 0 Å². The summed E-state index contributed by atoms with van der Waals surface area (Å²) in [6.07, 6.45) is -6.45. The summed E-state index contributed by atoms with van der Waals surface area (Å²) in [5.74, 6) is 0. The third-order valence-corrected chi connectivity index (χ3v) is 1.10. The van der Waals surface area contributed by atoms with E-state index < -0.39 is 18.3 Å². The molecule has 11 heavy (non-hydrogen) atoms. The molecular weight excluding hydrogens is 163 g/mol. The second-order valence-corrected chi connectivity index (χ2v) is 1.95. The molecule has 0 heterocycles. The number of halogens is 3. The molecule has 3 nitrogen and oxygen atoms in total. The smallest absolute Gasteiger partial charge is 0.408 e. The molecule has 1 atom stereocenters. The van der Waals surface area contributed by atoms with Crippen molar-refractivity contribution >= 4 is 6.09 Å². The Bertz CT molecular complexity index is 145. The molecule has 0 aromatic heterocycles. The predicted molar refractivity (Wildman–Crippen MR) is 31.3 cm³/mol. The Morgan fingerprint density at radius 3 is 2.18 bits per heavy atom. The summed E-state index contributed by atoms with van der Waals surface area (Å²) in [5, 5.41) is 9.33. The quantitative estimate of drug-likeness (QED) is 0.662. The molecule has 1 amide bonds. The second kappa shape index (κ2) is 3.45. The van der Waals surface area contributed by atoms with E-state index in [0.717, 1.165) is 0 Å². The van der Waals surface area contributed by atoms with Crippen LogP contribution in [0.15, 0.2) is 0 Å². The molecule has 0 aromatic carbocycles. The summed E-state index contributed by atoms with van der Waals surface area (Å²) in [7, 11) is 0. The van der Waals surface area contributed by atoms with Gasteiger partial charge in [-0.15, -0.1) is 0 Å². The summed E-state index contributed by atoms with van der Waals surface area (Å²) in [6.45, 7) is 1.26. The number of hydrogen-bond acceptors (Lipinski definition) is 1. The zero-order valence-electron chi connectivity index (χ0n) is 5.77. The fourth-order valence-corrected chi connectivity index (χ4v) is 0.564. The van der Waals surface area contributed by atoms with Crippen LogP contribution in [0.2, 0.25) is 0 Å². The molecule has 1 unspecified atom stereocenters. The van der Waals surface area contributed by atoms with Gasteiger partial charge in [0.15, 0.2) is 0 Å². The Morgan fingerprint density at radius 1 is 1.64 bits per heavy atom. The van der Waals surface area contributed by atoms with E-state index in [0.29, 0.717) is 0 Å². The van der Waals surface area contributed by atoms with Crippen molar-refractivity contribution in [3.05, 3.63) is 0 Å². The van der Waals surface area contributed by atoms with Crippen LogP contribution in [0.5, 0.6) is 0 Å². The van der Waals surface area contributed by atoms with Gasteiger partial charge in [0.05, 0.1) is 0 Å². The van der Waals surface area contributed by atoms with E-state index in [1.165, 1.54) is 12.2 Å². The van der Waals surface area contributed by atoms with Crippen molar-refractivity contribution in [2.45, 2.75) is 25.6 Å². The standard InChI is InChI=1S/C5H8F3NO2/c1-2-3(5(6,7)8)9-4(10)11/h3,9H,2H2,1H3,(H,10,11). The molecule has 0 aliphatic rings. The van der Waals surface area contributed by atoms with Crippen molar-refractivity contribution in [3.8, 4) is 0 Å². The van der Waals surface area contributed by atoms with Crippen LogP contribution in [-0.2, 0) is 0 Å². The lowest BCUT2D eigenvalue weighted by molar-refractivity contribution is -0.154. The van der Waals surface area contributed by atoms with E-state index in [-0.39, 0.29) is 6.42 Å². The predicted octanol–water partition coefficient (Wildman–Crippen LogP) is 1.59. The summed E-state index contributed by atoms with van der Waals surface area (Å²) in [5.41, 5.74) is 0. The van der Waals surface area contributed by atoms with Gasteiger partial charge in [0, 0.05) is 0 Å². The number of rotatable bonds is 2. The van der Waals surface area contributed by atoms with Gasteiger partial charge in [0.25, 0.3) is 0 Å². The number of hydrogen-bond donors (Lipinski definition) is 2. The van der Waals surface area contributed by atoms with Gasteiger partial charge in [-0.3, -0.25) is 0 Å². The third-order valence-electron chi connectivity index (χ3n) is 1.10. The number of nitrogens with one attached hydrogen (secondary N) is 1. The van der Waals surface area contributed by atoms with E-state index in [9.17, 15) is 18.0 Å². The average Bonchev–Trinajstić information content (AvgIpc) is 1.79. The monoisotopic (exact) mass is 171 g/mol. The zero-order chi connectivity index (χ0) is 9.07. The Morgan fingerprint density at radius 2 is 2.09 bits per heavy atom. The van der Waals surface area contributed by atoms with Crippen molar-refractivity contribution in [3.63, 3.8) is 0 Å². The number of alkyl halides is 3. The van der Waals surface area contributed by atoms with Crippen LogP contribution in [0, 0.1) is 0 Å². The van der Waals surface area contributed by atoms with Gasteiger partial charge in [-0.05, 0) is 6.42 Å². The highest BCUT2D eigenvalue weighted by Crippen LogP contribution is 2.21. The minimum absolute atomic E-state index is 0.296. The normalized spacial score (nSPS) is 14.2. The molecule has 2 N–H and O–H groups in total. The van der Waals surface area contributed by atoms with E-state index in [1.807, 2.05) is 0 Å². The van der Waals surface area contributed by atoms with Gasteiger partial charge in [-0.2, -0.15) is 13.2 Å². The molecule has 6 heteroatoms. The molecule has 0 bridgehead atoms. The maximum Gasteiger partial charge on any atom is 0.408 e. The Labute approximate surface area is 61.2 Å². The largest absolute Gasteiger partial charge is 0.465 e. The lowest BCUT2D eigenvalue weighted by Crippen LogP contribution is -2.44. The molecule has 0 spiro atoms. The number of amides is 1. The summed E-state index contributed by atoms with van der Waals surface area (Å²) < 4.78 is 35.3. The molecule has 0 rings (SSSR count). The van der Waals surface area contributed by atoms with Gasteiger partial charge < -0.3 is 10.4 Å². The van der Waals surface area contributed by atoms with Crippen LogP contribution in [0.1, 0.15) is 13.3 Å². The van der Waals surface area contributed by atoms with Crippen LogP contribution in [0.3, 0.4) is 0 Å². The summed E-state index contributed by atoms with van der Waals surface area (Å²) in [6, 6.07) is -1.96. The van der Waals surface area contributed by atoms with E-state index >= 15 is 0 Å². The molecule has 0 aromatic rings. The first-order chi connectivity index (χ1) is 4.88. The minimum Gasteiger partial charge on any atom is -0.465 e. The molecule has 0 aliphatic heterocycles. The SMILES string of the molecule is CCC(NC(=O)O)C(F)(F)F. The lowest BCUT2D eigenvalue weighted by atomic mass is 10.2. The molecule has 0 aliphatic carbocycles. The summed E-state index contributed by atoms with van der Waals surface area (Å²) in [4.78, 5) is 9.80. The average molecular weight is 171 g/mol. The first-order valence-corrected chi connectivity index (χ1v) is 2.94. The van der Waals surface area contributed by atoms with Crippen molar-refractivity contribution in [2.75, 3.05) is 0 Å². The van der Waals surface area contributed by atoms with Crippen LogP contribution in [-0.4, -0.2) is 23.4 Å². The first-order valence-electron chi connectivity index (χ1n) is 2.94. The maximum absolute atomic E-state index is 11.8. The fraction of sp³-hybridized carbons (Fsp3) is 0.800. The summed E-state index contributed by atoms with van der Waals surface area (Å²) >= 11 is 0. The van der Waals surface area contributed by atoms with Crippen molar-refractivity contribution in [1.29, 1.82) is 0 Å². The van der Waals surface area contributed by atoms with Gasteiger partial charge in [-0.1, -0.05) is 6.92 Å². The Balaban J connectivity index is 4.07. The fourth-order valence-electron chi connectivity index (χ4n) is 0.564. The second-order valence-electron chi connectivity index (χ2n) is 1.95.